The highest BCUT2D eigenvalue weighted by atomic mass is 31.2. The van der Waals surface area contributed by atoms with Gasteiger partial charge in [-0.2, -0.15) is 0 Å². The summed E-state index contributed by atoms with van der Waals surface area (Å²) in [6.45, 7) is 4.81. The smallest absolute Gasteiger partial charge is 0.391 e. The molecular weight excluding hydrogens is 876 g/mol. The third-order valence-electron chi connectivity index (χ3n) is 13.3. The van der Waals surface area contributed by atoms with Crippen LogP contribution in [0.1, 0.15) is 277 Å². The van der Waals surface area contributed by atoms with Crippen molar-refractivity contribution in [1.29, 1.82) is 0 Å². The second-order valence-electron chi connectivity index (χ2n) is 21.3. The van der Waals surface area contributed by atoms with Crippen LogP contribution in [0, 0.1) is 0 Å². The maximum Gasteiger partial charge on any atom is 0.472 e. The van der Waals surface area contributed by atoms with E-state index in [2.05, 4.69) is 67.8 Å². The number of phosphoric ester groups is 1. The molecular formula is C60H116N2O6P+. The minimum atomic E-state index is -4.32. The molecule has 0 heterocycles. The predicted molar refractivity (Wildman–Crippen MR) is 300 cm³/mol. The zero-order chi connectivity index (χ0) is 50.6. The molecule has 69 heavy (non-hydrogen) atoms. The topological polar surface area (TPSA) is 105 Å². The molecule has 0 fully saturated rings. The lowest BCUT2D eigenvalue weighted by atomic mass is 10.0. The number of quaternary nitrogens is 1. The maximum atomic E-state index is 13.0. The van der Waals surface area contributed by atoms with Crippen LogP contribution in [0.2, 0.25) is 0 Å². The highest BCUT2D eigenvalue weighted by Crippen LogP contribution is 2.43. The second-order valence-corrected chi connectivity index (χ2v) is 22.8. The Labute approximate surface area is 429 Å². The van der Waals surface area contributed by atoms with E-state index in [1.165, 1.54) is 186 Å². The average Bonchev–Trinajstić information content (AvgIpc) is 3.31. The Morgan fingerprint density at radius 2 is 0.870 bits per heavy atom. The van der Waals surface area contributed by atoms with E-state index in [-0.39, 0.29) is 19.1 Å². The van der Waals surface area contributed by atoms with Gasteiger partial charge in [-0.15, -0.1) is 0 Å². The lowest BCUT2D eigenvalue weighted by molar-refractivity contribution is -0.870. The highest BCUT2D eigenvalue weighted by molar-refractivity contribution is 7.47. The first-order valence-corrected chi connectivity index (χ1v) is 31.0. The summed E-state index contributed by atoms with van der Waals surface area (Å²) < 4.78 is 23.8. The van der Waals surface area contributed by atoms with E-state index in [4.69, 9.17) is 9.05 Å². The van der Waals surface area contributed by atoms with Gasteiger partial charge in [0.05, 0.1) is 39.9 Å². The zero-order valence-electron chi connectivity index (χ0n) is 46.3. The molecule has 3 N–H and O–H groups in total. The summed E-state index contributed by atoms with van der Waals surface area (Å²) in [5, 5.41) is 14.1. The first-order valence-electron chi connectivity index (χ1n) is 29.5. The van der Waals surface area contributed by atoms with Gasteiger partial charge in [0, 0.05) is 6.42 Å². The van der Waals surface area contributed by atoms with Crippen molar-refractivity contribution in [2.75, 3.05) is 40.9 Å². The van der Waals surface area contributed by atoms with Crippen molar-refractivity contribution in [2.24, 2.45) is 0 Å². The van der Waals surface area contributed by atoms with Gasteiger partial charge in [-0.3, -0.25) is 13.8 Å². The minimum absolute atomic E-state index is 0.0752. The van der Waals surface area contributed by atoms with Crippen molar-refractivity contribution >= 4 is 13.7 Å². The van der Waals surface area contributed by atoms with E-state index in [0.29, 0.717) is 23.9 Å². The Morgan fingerprint density at radius 1 is 0.507 bits per heavy atom. The van der Waals surface area contributed by atoms with Crippen molar-refractivity contribution in [2.45, 2.75) is 289 Å². The summed E-state index contributed by atoms with van der Waals surface area (Å²) in [5.41, 5.74) is 0. The van der Waals surface area contributed by atoms with Gasteiger partial charge >= 0.3 is 7.82 Å². The third kappa shape index (κ3) is 54.1. The van der Waals surface area contributed by atoms with Gasteiger partial charge in [-0.1, -0.05) is 268 Å². The van der Waals surface area contributed by atoms with Gasteiger partial charge < -0.3 is 19.8 Å². The summed E-state index contributed by atoms with van der Waals surface area (Å²) in [4.78, 5) is 23.4. The van der Waals surface area contributed by atoms with Crippen LogP contribution < -0.4 is 5.32 Å². The standard InChI is InChI=1S/C60H115N2O6P/c1-6-8-10-12-14-16-18-20-22-24-26-27-28-29-30-31-32-33-34-35-36-38-40-42-44-46-48-50-52-54-60(64)61-58(57-68-69(65,66)67-56-55-62(3,4)5)59(63)53-51-49-47-45-43-41-39-37-25-23-21-19-17-15-13-11-9-7-2/h8,10,14,16,20,22,26-27,58-59,63H,6-7,9,11-13,15,17-19,21,23-25,28-57H2,1-5H3,(H-,61,64,65,66)/p+1/b10-8-,16-14-,22-20-,27-26-. The molecule has 0 aliphatic heterocycles. The van der Waals surface area contributed by atoms with E-state index in [1.54, 1.807) is 0 Å². The summed E-state index contributed by atoms with van der Waals surface area (Å²) >= 11 is 0. The fourth-order valence-electron chi connectivity index (χ4n) is 8.75. The molecule has 1 amide bonds. The molecule has 0 rings (SSSR count). The number of nitrogens with zero attached hydrogens (tertiary/aromatic N) is 1. The van der Waals surface area contributed by atoms with E-state index >= 15 is 0 Å². The lowest BCUT2D eigenvalue weighted by Crippen LogP contribution is -2.46. The fourth-order valence-corrected chi connectivity index (χ4v) is 9.48. The van der Waals surface area contributed by atoms with Gasteiger partial charge in [-0.25, -0.2) is 4.57 Å². The number of likely N-dealkylation sites (N-methyl/N-ethyl adjacent to an activating group) is 1. The average molecular weight is 993 g/mol. The Balaban J connectivity index is 4.09. The van der Waals surface area contributed by atoms with E-state index < -0.39 is 20.0 Å². The summed E-state index contributed by atoms with van der Waals surface area (Å²) in [5.74, 6) is -0.142. The summed E-state index contributed by atoms with van der Waals surface area (Å²) in [6, 6.07) is -0.761. The third-order valence-corrected chi connectivity index (χ3v) is 14.3. The van der Waals surface area contributed by atoms with Crippen LogP contribution in [-0.2, 0) is 18.4 Å². The number of hydrogen-bond donors (Lipinski definition) is 3. The zero-order valence-corrected chi connectivity index (χ0v) is 47.2. The normalized spacial score (nSPS) is 14.2. The van der Waals surface area contributed by atoms with E-state index in [9.17, 15) is 19.4 Å². The first kappa shape index (κ1) is 67.5. The number of allylic oxidation sites excluding steroid dienone is 8. The number of nitrogens with one attached hydrogen (secondary N) is 1. The minimum Gasteiger partial charge on any atom is -0.391 e. The number of aliphatic hydroxyl groups is 1. The largest absolute Gasteiger partial charge is 0.472 e. The van der Waals surface area contributed by atoms with Crippen molar-refractivity contribution in [3.63, 3.8) is 0 Å². The van der Waals surface area contributed by atoms with Crippen molar-refractivity contribution in [3.8, 4) is 0 Å². The molecule has 0 radical (unpaired) electrons. The highest BCUT2D eigenvalue weighted by Gasteiger charge is 2.28. The number of hydrogen-bond acceptors (Lipinski definition) is 5. The van der Waals surface area contributed by atoms with Crippen molar-refractivity contribution < 1.29 is 32.9 Å². The molecule has 0 spiro atoms. The van der Waals surface area contributed by atoms with Gasteiger partial charge in [-0.05, 0) is 51.4 Å². The molecule has 9 heteroatoms. The van der Waals surface area contributed by atoms with Gasteiger partial charge in [0.15, 0.2) is 0 Å². The SMILES string of the molecule is CC/C=C\C/C=C\C/C=C\C/C=C\CCCCCCCCCCCCCCCCCCC(=O)NC(COP(=O)(O)OCC[N+](C)(C)C)C(O)CCCCCCCCCCCCCCCCCCCC. The van der Waals surface area contributed by atoms with Crippen LogP contribution in [0.5, 0.6) is 0 Å². The number of amides is 1. The summed E-state index contributed by atoms with van der Waals surface area (Å²) in [7, 11) is 1.62. The molecule has 0 aromatic heterocycles. The van der Waals surface area contributed by atoms with Crippen LogP contribution in [-0.4, -0.2) is 73.4 Å². The molecule has 0 bridgehead atoms. The molecule has 3 atom stereocenters. The maximum absolute atomic E-state index is 13.0. The van der Waals surface area contributed by atoms with Crippen molar-refractivity contribution in [1.82, 2.24) is 5.32 Å². The van der Waals surface area contributed by atoms with Gasteiger partial charge in [0.25, 0.3) is 0 Å². The molecule has 3 unspecified atom stereocenters. The van der Waals surface area contributed by atoms with Crippen LogP contribution in [0.15, 0.2) is 48.6 Å². The number of aliphatic hydroxyl groups excluding tert-OH is 1. The van der Waals surface area contributed by atoms with Gasteiger partial charge in [0.1, 0.15) is 13.2 Å². The second kappa shape index (κ2) is 51.4. The molecule has 0 aliphatic carbocycles. The first-order chi connectivity index (χ1) is 33.5. The Bertz CT molecular complexity index is 1260. The van der Waals surface area contributed by atoms with E-state index in [0.717, 1.165) is 64.2 Å². The molecule has 0 aliphatic rings. The monoisotopic (exact) mass is 992 g/mol. The molecule has 406 valence electrons. The van der Waals surface area contributed by atoms with Crippen LogP contribution in [0.25, 0.3) is 0 Å². The molecule has 8 nitrogen and oxygen atoms in total. The molecule has 0 saturated heterocycles. The quantitative estimate of drug-likeness (QED) is 0.0243. The van der Waals surface area contributed by atoms with Crippen LogP contribution in [0.4, 0.5) is 0 Å². The molecule has 0 saturated carbocycles. The van der Waals surface area contributed by atoms with Crippen LogP contribution >= 0.6 is 7.82 Å². The lowest BCUT2D eigenvalue weighted by Gasteiger charge is -2.26. The fraction of sp³-hybridized carbons (Fsp3) is 0.850. The Morgan fingerprint density at radius 3 is 1.28 bits per heavy atom. The number of unbranched alkanes of at least 4 members (excludes halogenated alkanes) is 33. The van der Waals surface area contributed by atoms with E-state index in [1.807, 2.05) is 21.1 Å². The Hall–Kier alpha value is -1.54. The van der Waals surface area contributed by atoms with Crippen molar-refractivity contribution in [3.05, 3.63) is 48.6 Å². The number of rotatable bonds is 54. The molecule has 0 aromatic rings. The Kier molecular flexibility index (Phi) is 50.2. The number of carbonyl (C=O) groups excluding carboxylic acids is 1. The number of carbonyl (C=O) groups is 1. The number of phosphoric acid groups is 1. The van der Waals surface area contributed by atoms with Crippen LogP contribution in [0.3, 0.4) is 0 Å². The molecule has 0 aromatic carbocycles. The predicted octanol–water partition coefficient (Wildman–Crippen LogP) is 17.9. The van der Waals surface area contributed by atoms with Gasteiger partial charge in [0.2, 0.25) is 5.91 Å². The summed E-state index contributed by atoms with van der Waals surface area (Å²) in [6.07, 6.45) is 67.4.